The Bertz CT molecular complexity index is 583. The van der Waals surface area contributed by atoms with Crippen molar-refractivity contribution in [2.24, 2.45) is 5.84 Å². The Morgan fingerprint density at radius 1 is 1.50 bits per heavy atom. The van der Waals surface area contributed by atoms with E-state index in [1.165, 1.54) is 12.8 Å². The highest BCUT2D eigenvalue weighted by molar-refractivity contribution is 7.16. The molecule has 0 unspecified atom stereocenters. The maximum Gasteiger partial charge on any atom is 0.152 e. The highest BCUT2D eigenvalue weighted by Gasteiger charge is 2.29. The van der Waals surface area contributed by atoms with Crippen molar-refractivity contribution >= 4 is 27.4 Å². The molecule has 2 aromatic heterocycles. The normalized spacial score (nSPS) is 15.2. The highest BCUT2D eigenvalue weighted by Crippen LogP contribution is 2.29. The summed E-state index contributed by atoms with van der Waals surface area (Å²) < 4.78 is 5.18. The van der Waals surface area contributed by atoms with Gasteiger partial charge < -0.3 is 10.2 Å². The number of rotatable bonds is 7. The molecule has 0 atom stereocenters. The summed E-state index contributed by atoms with van der Waals surface area (Å²) in [5.74, 6) is 7.08. The van der Waals surface area contributed by atoms with Gasteiger partial charge in [-0.25, -0.2) is 15.8 Å². The van der Waals surface area contributed by atoms with Crippen molar-refractivity contribution in [1.82, 2.24) is 14.9 Å². The van der Waals surface area contributed by atoms with E-state index in [0.717, 1.165) is 35.7 Å². The number of aromatic nitrogens is 2. The second-order valence-corrected chi connectivity index (χ2v) is 5.86. The van der Waals surface area contributed by atoms with E-state index in [0.29, 0.717) is 11.9 Å². The molecule has 3 rings (SSSR count). The Morgan fingerprint density at radius 3 is 3.05 bits per heavy atom. The van der Waals surface area contributed by atoms with Gasteiger partial charge in [0.2, 0.25) is 0 Å². The van der Waals surface area contributed by atoms with Gasteiger partial charge in [-0.3, -0.25) is 4.90 Å². The quantitative estimate of drug-likeness (QED) is 0.596. The van der Waals surface area contributed by atoms with Crippen LogP contribution in [0.1, 0.15) is 18.7 Å². The van der Waals surface area contributed by atoms with Crippen LogP contribution in [0.2, 0.25) is 0 Å². The first-order valence-electron chi connectivity index (χ1n) is 6.75. The number of methoxy groups -OCH3 is 1. The average Bonchev–Trinajstić information content (AvgIpc) is 3.20. The molecule has 7 heteroatoms. The molecule has 3 N–H and O–H groups in total. The van der Waals surface area contributed by atoms with E-state index in [1.54, 1.807) is 18.4 Å². The minimum Gasteiger partial charge on any atom is -0.383 e. The fourth-order valence-electron chi connectivity index (χ4n) is 2.30. The molecule has 0 radical (unpaired) electrons. The van der Waals surface area contributed by atoms with Gasteiger partial charge in [0, 0.05) is 19.7 Å². The molecule has 1 aliphatic rings. The third-order valence-corrected chi connectivity index (χ3v) is 4.31. The lowest BCUT2D eigenvalue weighted by atomic mass is 10.3. The number of fused-ring (bicyclic) bond motifs is 1. The van der Waals surface area contributed by atoms with Gasteiger partial charge in [0.1, 0.15) is 10.7 Å². The second-order valence-electron chi connectivity index (χ2n) is 4.97. The Balaban J connectivity index is 1.81. The van der Waals surface area contributed by atoms with E-state index in [9.17, 15) is 0 Å². The van der Waals surface area contributed by atoms with E-state index >= 15 is 0 Å². The van der Waals surface area contributed by atoms with Gasteiger partial charge in [-0.15, -0.1) is 11.3 Å². The molecule has 2 heterocycles. The molecule has 108 valence electrons. The Kier molecular flexibility index (Phi) is 4.11. The van der Waals surface area contributed by atoms with Crippen LogP contribution in [-0.2, 0) is 11.3 Å². The number of nitrogens with zero attached hydrogens (tertiary/aromatic N) is 3. The van der Waals surface area contributed by atoms with E-state index in [1.807, 2.05) is 11.4 Å². The number of hydrogen-bond acceptors (Lipinski definition) is 7. The zero-order valence-corrected chi connectivity index (χ0v) is 12.3. The standard InChI is InChI=1S/C13H19N5OS/c1-19-6-5-18(9-2-3-9)8-11-15-12(17-14)10-4-7-20-13(10)16-11/h4,7,9H,2-3,5-6,8,14H2,1H3,(H,15,16,17). The molecule has 1 fully saturated rings. The Morgan fingerprint density at radius 2 is 2.35 bits per heavy atom. The third kappa shape index (κ3) is 2.90. The van der Waals surface area contributed by atoms with Crippen molar-refractivity contribution < 1.29 is 4.74 Å². The minimum absolute atomic E-state index is 0.655. The smallest absolute Gasteiger partial charge is 0.152 e. The highest BCUT2D eigenvalue weighted by atomic mass is 32.1. The lowest BCUT2D eigenvalue weighted by molar-refractivity contribution is 0.138. The molecule has 0 spiro atoms. The lowest BCUT2D eigenvalue weighted by Gasteiger charge is -2.20. The predicted octanol–water partition coefficient (Wildman–Crippen LogP) is 1.59. The molecule has 20 heavy (non-hydrogen) atoms. The maximum atomic E-state index is 5.56. The van der Waals surface area contributed by atoms with Crippen molar-refractivity contribution in [2.45, 2.75) is 25.4 Å². The second kappa shape index (κ2) is 6.01. The molecule has 1 saturated carbocycles. The first-order chi connectivity index (χ1) is 9.81. The summed E-state index contributed by atoms with van der Waals surface area (Å²) in [6, 6.07) is 2.64. The van der Waals surface area contributed by atoms with Gasteiger partial charge in [0.05, 0.1) is 18.5 Å². The Labute approximate surface area is 121 Å². The summed E-state index contributed by atoms with van der Waals surface area (Å²) in [6.45, 7) is 2.40. The van der Waals surface area contributed by atoms with Gasteiger partial charge >= 0.3 is 0 Å². The number of nitrogens with one attached hydrogen (secondary N) is 1. The number of hydrogen-bond donors (Lipinski definition) is 2. The summed E-state index contributed by atoms with van der Waals surface area (Å²) in [4.78, 5) is 12.5. The first kappa shape index (κ1) is 13.7. The van der Waals surface area contributed by atoms with Crippen molar-refractivity contribution in [3.63, 3.8) is 0 Å². The molecule has 2 aromatic rings. The van der Waals surface area contributed by atoms with E-state index in [2.05, 4.69) is 20.3 Å². The average molecular weight is 293 g/mol. The fraction of sp³-hybridized carbons (Fsp3) is 0.538. The van der Waals surface area contributed by atoms with Crippen molar-refractivity contribution in [3.8, 4) is 0 Å². The topological polar surface area (TPSA) is 76.3 Å². The number of nitrogens with two attached hydrogens (primary N) is 1. The van der Waals surface area contributed by atoms with Crippen LogP contribution in [0.5, 0.6) is 0 Å². The summed E-state index contributed by atoms with van der Waals surface area (Å²) >= 11 is 1.61. The molecule has 1 aliphatic carbocycles. The number of hydrazine groups is 1. The molecule has 6 nitrogen and oxygen atoms in total. The number of thiophene rings is 1. The van der Waals surface area contributed by atoms with Crippen LogP contribution in [-0.4, -0.2) is 41.2 Å². The summed E-state index contributed by atoms with van der Waals surface area (Å²) in [5.41, 5.74) is 2.67. The maximum absolute atomic E-state index is 5.56. The molecule has 0 aliphatic heterocycles. The molecule has 0 bridgehead atoms. The zero-order valence-electron chi connectivity index (χ0n) is 11.5. The van der Waals surface area contributed by atoms with Gasteiger partial charge in [0.15, 0.2) is 5.82 Å². The largest absolute Gasteiger partial charge is 0.383 e. The lowest BCUT2D eigenvalue weighted by Crippen LogP contribution is -2.30. The van der Waals surface area contributed by atoms with Crippen LogP contribution in [0.3, 0.4) is 0 Å². The summed E-state index contributed by atoms with van der Waals surface area (Å²) in [5, 5.41) is 2.99. The molecule has 0 aromatic carbocycles. The first-order valence-corrected chi connectivity index (χ1v) is 7.63. The number of nitrogen functional groups attached to an aromatic ring is 1. The monoisotopic (exact) mass is 293 g/mol. The van der Waals surface area contributed by atoms with Crippen LogP contribution in [0.4, 0.5) is 5.82 Å². The van der Waals surface area contributed by atoms with E-state index < -0.39 is 0 Å². The summed E-state index contributed by atoms with van der Waals surface area (Å²) in [7, 11) is 1.73. The Hall–Kier alpha value is -1.28. The van der Waals surface area contributed by atoms with Crippen LogP contribution in [0, 0.1) is 0 Å². The van der Waals surface area contributed by atoms with Gasteiger partial charge in [-0.1, -0.05) is 0 Å². The van der Waals surface area contributed by atoms with Crippen LogP contribution >= 0.6 is 11.3 Å². The van der Waals surface area contributed by atoms with Gasteiger partial charge in [-0.05, 0) is 24.3 Å². The molecule has 0 amide bonds. The molecular weight excluding hydrogens is 274 g/mol. The van der Waals surface area contributed by atoms with Crippen LogP contribution < -0.4 is 11.3 Å². The van der Waals surface area contributed by atoms with E-state index in [4.69, 9.17) is 10.6 Å². The fourth-order valence-corrected chi connectivity index (χ4v) is 3.08. The zero-order chi connectivity index (χ0) is 13.9. The van der Waals surface area contributed by atoms with Gasteiger partial charge in [-0.2, -0.15) is 0 Å². The minimum atomic E-state index is 0.655. The van der Waals surface area contributed by atoms with Crippen molar-refractivity contribution in [3.05, 3.63) is 17.3 Å². The van der Waals surface area contributed by atoms with E-state index in [-0.39, 0.29) is 0 Å². The van der Waals surface area contributed by atoms with Crippen molar-refractivity contribution in [1.29, 1.82) is 0 Å². The SMILES string of the molecule is COCCN(Cc1nc(NN)c2ccsc2n1)C1CC1. The van der Waals surface area contributed by atoms with Gasteiger partial charge in [0.25, 0.3) is 0 Å². The third-order valence-electron chi connectivity index (χ3n) is 3.50. The molecule has 0 saturated heterocycles. The summed E-state index contributed by atoms with van der Waals surface area (Å²) in [6.07, 6.45) is 2.51. The number of ether oxygens (including phenoxy) is 1. The van der Waals surface area contributed by atoms with Crippen LogP contribution in [0.15, 0.2) is 11.4 Å². The number of anilines is 1. The van der Waals surface area contributed by atoms with Crippen molar-refractivity contribution in [2.75, 3.05) is 25.7 Å². The predicted molar refractivity (Wildman–Crippen MR) is 80.5 cm³/mol. The van der Waals surface area contributed by atoms with Crippen LogP contribution in [0.25, 0.3) is 10.2 Å². The molecular formula is C13H19N5OS.